The molecule has 0 spiro atoms. The molecule has 0 radical (unpaired) electrons. The van der Waals surface area contributed by atoms with Gasteiger partial charge in [-0.2, -0.15) is 0 Å². The largest absolute Gasteiger partial charge is 0.444 e. The quantitative estimate of drug-likeness (QED) is 0.815. The number of rotatable bonds is 6. The molecule has 0 bridgehead atoms. The van der Waals surface area contributed by atoms with Crippen LogP contribution in [0.1, 0.15) is 45.6 Å². The van der Waals surface area contributed by atoms with Crippen molar-refractivity contribution in [3.8, 4) is 0 Å². The maximum absolute atomic E-state index is 12.2. The highest BCUT2D eigenvalue weighted by atomic mass is 16.6. The van der Waals surface area contributed by atoms with Gasteiger partial charge >= 0.3 is 6.09 Å². The van der Waals surface area contributed by atoms with Crippen molar-refractivity contribution in [3.63, 3.8) is 0 Å². The lowest BCUT2D eigenvalue weighted by atomic mass is 10.1. The van der Waals surface area contributed by atoms with Crippen LogP contribution in [-0.4, -0.2) is 42.3 Å². The highest BCUT2D eigenvalue weighted by Gasteiger charge is 2.31. The van der Waals surface area contributed by atoms with Crippen LogP contribution in [0.15, 0.2) is 30.3 Å². The minimum Gasteiger partial charge on any atom is -0.444 e. The fourth-order valence-corrected chi connectivity index (χ4v) is 2.97. The van der Waals surface area contributed by atoms with Gasteiger partial charge in [0.15, 0.2) is 0 Å². The molecule has 0 saturated carbocycles. The van der Waals surface area contributed by atoms with E-state index in [1.807, 2.05) is 31.7 Å². The van der Waals surface area contributed by atoms with Crippen molar-refractivity contribution in [1.29, 1.82) is 0 Å². The summed E-state index contributed by atoms with van der Waals surface area (Å²) in [5.74, 6) is 0. The molecule has 1 aromatic rings. The van der Waals surface area contributed by atoms with E-state index in [9.17, 15) is 4.79 Å². The van der Waals surface area contributed by atoms with Crippen LogP contribution < -0.4 is 5.32 Å². The summed E-state index contributed by atoms with van der Waals surface area (Å²) >= 11 is 0. The molecular formula is C19H30N2O2. The molecular weight excluding hydrogens is 288 g/mol. The summed E-state index contributed by atoms with van der Waals surface area (Å²) < 4.78 is 5.50. The Hall–Kier alpha value is -1.55. The number of nitrogens with one attached hydrogen (secondary N) is 1. The molecule has 1 N–H and O–H groups in total. The highest BCUT2D eigenvalue weighted by molar-refractivity contribution is 5.68. The Kier molecular flexibility index (Phi) is 6.46. The molecule has 1 saturated heterocycles. The predicted molar refractivity (Wildman–Crippen MR) is 93.6 cm³/mol. The summed E-state index contributed by atoms with van der Waals surface area (Å²) in [6.07, 6.45) is 4.03. The summed E-state index contributed by atoms with van der Waals surface area (Å²) in [5.41, 5.74) is 0.939. The summed E-state index contributed by atoms with van der Waals surface area (Å²) in [5, 5.41) is 3.49. The Labute approximate surface area is 140 Å². The van der Waals surface area contributed by atoms with Gasteiger partial charge < -0.3 is 15.0 Å². The van der Waals surface area contributed by atoms with Gasteiger partial charge in [0, 0.05) is 12.6 Å². The van der Waals surface area contributed by atoms with Crippen molar-refractivity contribution in [3.05, 3.63) is 35.9 Å². The number of benzene rings is 1. The van der Waals surface area contributed by atoms with E-state index in [-0.39, 0.29) is 6.09 Å². The Balaban J connectivity index is 1.67. The van der Waals surface area contributed by atoms with Gasteiger partial charge in [0.1, 0.15) is 5.60 Å². The van der Waals surface area contributed by atoms with Crippen LogP contribution in [-0.2, 0) is 11.2 Å². The van der Waals surface area contributed by atoms with Crippen LogP contribution >= 0.6 is 0 Å². The first-order valence-electron chi connectivity index (χ1n) is 8.70. The molecule has 4 nitrogen and oxygen atoms in total. The first-order chi connectivity index (χ1) is 11.0. The molecule has 1 aliphatic heterocycles. The van der Waals surface area contributed by atoms with Crippen molar-refractivity contribution in [1.82, 2.24) is 10.2 Å². The summed E-state index contributed by atoms with van der Waals surface area (Å²) in [6, 6.07) is 10.8. The lowest BCUT2D eigenvalue weighted by Crippen LogP contribution is -2.41. The highest BCUT2D eigenvalue weighted by Crippen LogP contribution is 2.22. The zero-order valence-electron chi connectivity index (χ0n) is 14.7. The Bertz CT molecular complexity index is 482. The normalized spacial score (nSPS) is 18.2. The average Bonchev–Trinajstić information content (AvgIpc) is 2.95. The molecule has 2 rings (SSSR count). The van der Waals surface area contributed by atoms with Crippen LogP contribution in [0.25, 0.3) is 0 Å². The summed E-state index contributed by atoms with van der Waals surface area (Å²) in [4.78, 5) is 14.1. The van der Waals surface area contributed by atoms with E-state index in [1.54, 1.807) is 0 Å². The summed E-state index contributed by atoms with van der Waals surface area (Å²) in [6.45, 7) is 8.49. The molecule has 4 heteroatoms. The zero-order valence-corrected chi connectivity index (χ0v) is 14.7. The van der Waals surface area contributed by atoms with E-state index in [4.69, 9.17) is 4.74 Å². The number of carbonyl (C=O) groups excluding carboxylic acids is 1. The van der Waals surface area contributed by atoms with Crippen LogP contribution in [0, 0.1) is 0 Å². The van der Waals surface area contributed by atoms with Gasteiger partial charge in [0.05, 0.1) is 0 Å². The number of hydrogen-bond donors (Lipinski definition) is 1. The van der Waals surface area contributed by atoms with E-state index >= 15 is 0 Å². The molecule has 1 fully saturated rings. The second-order valence-electron chi connectivity index (χ2n) is 7.24. The number of likely N-dealkylation sites (tertiary alicyclic amines) is 1. The topological polar surface area (TPSA) is 41.6 Å². The van der Waals surface area contributed by atoms with Crippen molar-refractivity contribution < 1.29 is 9.53 Å². The van der Waals surface area contributed by atoms with Crippen LogP contribution in [0.3, 0.4) is 0 Å². The first kappa shape index (κ1) is 17.8. The lowest BCUT2D eigenvalue weighted by molar-refractivity contribution is 0.0221. The standard InChI is InChI=1S/C19H30N2O2/c1-19(2,3)23-18(22)21-15-7-10-17(21)12-14-20-13-11-16-8-5-4-6-9-16/h4-6,8-9,17,20H,7,10-15H2,1-3H3. The fraction of sp³-hybridized carbons (Fsp3) is 0.632. The molecule has 1 amide bonds. The van der Waals surface area contributed by atoms with Gasteiger partial charge in [-0.05, 0) is 65.1 Å². The van der Waals surface area contributed by atoms with Gasteiger partial charge in [-0.3, -0.25) is 0 Å². The van der Waals surface area contributed by atoms with Crippen molar-refractivity contribution in [2.45, 2.75) is 58.1 Å². The smallest absolute Gasteiger partial charge is 0.410 e. The molecule has 128 valence electrons. The van der Waals surface area contributed by atoms with Crippen molar-refractivity contribution in [2.75, 3.05) is 19.6 Å². The number of carbonyl (C=O) groups is 1. The average molecular weight is 318 g/mol. The first-order valence-corrected chi connectivity index (χ1v) is 8.70. The maximum Gasteiger partial charge on any atom is 0.410 e. The Morgan fingerprint density at radius 2 is 2.00 bits per heavy atom. The van der Waals surface area contributed by atoms with Crippen molar-refractivity contribution in [2.24, 2.45) is 0 Å². The minimum absolute atomic E-state index is 0.163. The second-order valence-corrected chi connectivity index (χ2v) is 7.24. The predicted octanol–water partition coefficient (Wildman–Crippen LogP) is 3.61. The third kappa shape index (κ3) is 6.22. The molecule has 1 aliphatic rings. The molecule has 23 heavy (non-hydrogen) atoms. The monoisotopic (exact) mass is 318 g/mol. The zero-order chi connectivity index (χ0) is 16.7. The molecule has 0 aliphatic carbocycles. The number of ether oxygens (including phenoxy) is 1. The SMILES string of the molecule is CC(C)(C)OC(=O)N1CCCC1CCNCCc1ccccc1. The van der Waals surface area contributed by atoms with Crippen LogP contribution in [0.4, 0.5) is 4.79 Å². The number of hydrogen-bond acceptors (Lipinski definition) is 3. The van der Waals surface area contributed by atoms with E-state index in [1.165, 1.54) is 5.56 Å². The van der Waals surface area contributed by atoms with Crippen LogP contribution in [0.5, 0.6) is 0 Å². The Morgan fingerprint density at radius 3 is 2.70 bits per heavy atom. The molecule has 1 atom stereocenters. The molecule has 1 unspecified atom stereocenters. The van der Waals surface area contributed by atoms with E-state index in [0.29, 0.717) is 6.04 Å². The molecule has 1 heterocycles. The Morgan fingerprint density at radius 1 is 1.26 bits per heavy atom. The second kappa shape index (κ2) is 8.34. The minimum atomic E-state index is -0.418. The van der Waals surface area contributed by atoms with Gasteiger partial charge in [0.2, 0.25) is 0 Å². The maximum atomic E-state index is 12.2. The third-order valence-corrected chi connectivity index (χ3v) is 4.09. The van der Waals surface area contributed by atoms with Crippen LogP contribution in [0.2, 0.25) is 0 Å². The fourth-order valence-electron chi connectivity index (χ4n) is 2.97. The van der Waals surface area contributed by atoms with Gasteiger partial charge in [-0.1, -0.05) is 30.3 Å². The van der Waals surface area contributed by atoms with E-state index in [0.717, 1.165) is 45.3 Å². The lowest BCUT2D eigenvalue weighted by Gasteiger charge is -2.28. The van der Waals surface area contributed by atoms with Gasteiger partial charge in [-0.15, -0.1) is 0 Å². The number of amides is 1. The molecule has 0 aromatic heterocycles. The number of nitrogens with zero attached hydrogens (tertiary/aromatic N) is 1. The third-order valence-electron chi connectivity index (χ3n) is 4.09. The van der Waals surface area contributed by atoms with Gasteiger partial charge in [-0.25, -0.2) is 4.79 Å². The summed E-state index contributed by atoms with van der Waals surface area (Å²) in [7, 11) is 0. The van der Waals surface area contributed by atoms with E-state index in [2.05, 4.69) is 29.6 Å². The van der Waals surface area contributed by atoms with Crippen molar-refractivity contribution >= 4 is 6.09 Å². The van der Waals surface area contributed by atoms with Gasteiger partial charge in [0.25, 0.3) is 0 Å². The molecule has 1 aromatic carbocycles. The van der Waals surface area contributed by atoms with E-state index < -0.39 is 5.60 Å².